The fraction of sp³-hybridized carbons (Fsp3) is 0.263. The molecule has 1 aliphatic heterocycles. The molecule has 0 spiro atoms. The average molecular weight is 514 g/mol. The number of ether oxygens (including phenoxy) is 1. The van der Waals surface area contributed by atoms with E-state index in [1.165, 1.54) is 66.8 Å². The molecule has 176 valence electrons. The van der Waals surface area contributed by atoms with E-state index in [0.29, 0.717) is 10.8 Å². The zero-order chi connectivity index (χ0) is 23.8. The number of halogens is 1. The lowest BCUT2D eigenvalue weighted by molar-refractivity contribution is -0.765. The Morgan fingerprint density at radius 3 is 2.27 bits per heavy atom. The molecular formula is C19H20ClN5O6S2. The summed E-state index contributed by atoms with van der Waals surface area (Å²) in [5.41, 5.74) is -0.271. The second kappa shape index (κ2) is 8.82. The molecule has 2 aromatic carbocycles. The quantitative estimate of drug-likeness (QED) is 0.458. The first-order valence-corrected chi connectivity index (χ1v) is 13.0. The number of hydrogen-bond donors (Lipinski definition) is 1. The van der Waals surface area contributed by atoms with Crippen LogP contribution in [0.15, 0.2) is 69.0 Å². The molecule has 1 N–H and O–H groups in total. The third-order valence-electron chi connectivity index (χ3n) is 5.19. The molecule has 0 bridgehead atoms. The number of aromatic nitrogens is 2. The van der Waals surface area contributed by atoms with Gasteiger partial charge in [-0.3, -0.25) is 10.4 Å². The normalized spacial score (nSPS) is 17.8. The lowest BCUT2D eigenvalue weighted by Gasteiger charge is -2.40. The summed E-state index contributed by atoms with van der Waals surface area (Å²) < 4.78 is 64.6. The zero-order valence-electron chi connectivity index (χ0n) is 17.3. The van der Waals surface area contributed by atoms with E-state index in [4.69, 9.17) is 26.3 Å². The van der Waals surface area contributed by atoms with Gasteiger partial charge in [-0.1, -0.05) is 16.4 Å². The van der Waals surface area contributed by atoms with Crippen LogP contribution in [0.2, 0.25) is 5.02 Å². The summed E-state index contributed by atoms with van der Waals surface area (Å²) in [4.78, 5) is 1.10. The summed E-state index contributed by atoms with van der Waals surface area (Å²) in [6, 6.07) is 11.5. The first kappa shape index (κ1) is 23.3. The maximum atomic E-state index is 13.6. The Labute approximate surface area is 195 Å². The van der Waals surface area contributed by atoms with Gasteiger partial charge in [0.05, 0.1) is 16.9 Å². The Bertz CT molecular complexity index is 1400. The Morgan fingerprint density at radius 1 is 1.06 bits per heavy atom. The molecule has 0 radical (unpaired) electrons. The molecule has 1 aromatic heterocycles. The number of benzene rings is 2. The molecule has 3 aromatic rings. The van der Waals surface area contributed by atoms with Crippen LogP contribution in [0.4, 0.5) is 0 Å². The van der Waals surface area contributed by atoms with Gasteiger partial charge < -0.3 is 9.26 Å². The van der Waals surface area contributed by atoms with Crippen molar-refractivity contribution < 1.29 is 30.9 Å². The Morgan fingerprint density at radius 2 is 1.70 bits per heavy atom. The zero-order valence-corrected chi connectivity index (χ0v) is 19.7. The first-order valence-electron chi connectivity index (χ1n) is 9.64. The summed E-state index contributed by atoms with van der Waals surface area (Å²) in [6.07, 6.45) is 1.21. The maximum Gasteiger partial charge on any atom is 0.286 e. The molecule has 11 nitrogen and oxygen atoms in total. The van der Waals surface area contributed by atoms with Crippen LogP contribution in [0.1, 0.15) is 0 Å². The molecule has 4 rings (SSSR count). The van der Waals surface area contributed by atoms with Crippen molar-refractivity contribution in [2.75, 3.05) is 31.8 Å². The van der Waals surface area contributed by atoms with Gasteiger partial charge in [0.25, 0.3) is 11.8 Å². The van der Waals surface area contributed by atoms with E-state index in [2.05, 4.69) is 5.27 Å². The summed E-state index contributed by atoms with van der Waals surface area (Å²) in [5, 5.41) is 11.7. The van der Waals surface area contributed by atoms with Crippen molar-refractivity contribution in [2.24, 2.45) is 0 Å². The van der Waals surface area contributed by atoms with E-state index in [-0.39, 0.29) is 35.0 Å². The molecular weight excluding hydrogens is 494 g/mol. The molecule has 1 unspecified atom stereocenters. The number of hydrogen-bond acceptors (Lipinski definition) is 8. The van der Waals surface area contributed by atoms with Gasteiger partial charge in [-0.25, -0.2) is 16.8 Å². The molecule has 0 saturated carbocycles. The largest absolute Gasteiger partial charge is 0.497 e. The molecule has 0 amide bonds. The minimum Gasteiger partial charge on any atom is -0.497 e. The number of sulfonamides is 1. The molecule has 1 atom stereocenters. The summed E-state index contributed by atoms with van der Waals surface area (Å²) in [6.45, 7) is -0.386. The highest BCUT2D eigenvalue weighted by atomic mass is 35.5. The fourth-order valence-electron chi connectivity index (χ4n) is 3.47. The van der Waals surface area contributed by atoms with Crippen molar-refractivity contribution in [3.05, 3.63) is 65.3 Å². The van der Waals surface area contributed by atoms with E-state index in [1.54, 1.807) is 0 Å². The Hall–Kier alpha value is -2.87. The predicted molar refractivity (Wildman–Crippen MR) is 115 cm³/mol. The van der Waals surface area contributed by atoms with Crippen molar-refractivity contribution >= 4 is 31.5 Å². The van der Waals surface area contributed by atoms with Crippen LogP contribution in [-0.4, -0.2) is 53.3 Å². The molecule has 1 saturated heterocycles. The maximum absolute atomic E-state index is 13.6. The number of nitrogens with one attached hydrogen (secondary N) is 1. The standard InChI is InChI=1S/C19H20ClN5O6S2/c1-30-15-4-8-16(9-5-15)32(26,27)19-13-23(10-11-24(19)25-12-18(21)31-22-25)33(28,29)17-6-2-14(20)3-7-17/h2-9,12,19,21H,10-11,13H2,1H3. The third kappa shape index (κ3) is 4.49. The molecule has 1 aliphatic rings. The van der Waals surface area contributed by atoms with Gasteiger partial charge in [0, 0.05) is 24.7 Å². The second-order valence-corrected chi connectivity index (χ2v) is 11.6. The SMILES string of the molecule is COc1ccc(S(=O)(=O)C2CN(S(=O)(=O)c3ccc(Cl)cc3)CCN2[n+]2cc(=N)o[n-]2)cc1. The Balaban J connectivity index is 1.74. The lowest BCUT2D eigenvalue weighted by atomic mass is 10.3. The van der Waals surface area contributed by atoms with Gasteiger partial charge in [0.15, 0.2) is 9.84 Å². The van der Waals surface area contributed by atoms with Gasteiger partial charge in [0.2, 0.25) is 10.0 Å². The van der Waals surface area contributed by atoms with E-state index >= 15 is 0 Å². The van der Waals surface area contributed by atoms with Gasteiger partial charge in [-0.2, -0.15) is 4.31 Å². The molecule has 0 aliphatic carbocycles. The van der Waals surface area contributed by atoms with Crippen LogP contribution >= 0.6 is 11.6 Å². The van der Waals surface area contributed by atoms with Crippen LogP contribution in [0.5, 0.6) is 5.75 Å². The van der Waals surface area contributed by atoms with E-state index in [9.17, 15) is 16.8 Å². The lowest BCUT2D eigenvalue weighted by Crippen LogP contribution is -2.72. The highest BCUT2D eigenvalue weighted by molar-refractivity contribution is 7.92. The molecule has 1 fully saturated rings. The smallest absolute Gasteiger partial charge is 0.286 e. The number of piperazine rings is 1. The van der Waals surface area contributed by atoms with Crippen LogP contribution in [0.25, 0.3) is 0 Å². The summed E-state index contributed by atoms with van der Waals surface area (Å²) in [7, 11) is -6.61. The van der Waals surface area contributed by atoms with Crippen LogP contribution < -0.4 is 25.4 Å². The molecule has 33 heavy (non-hydrogen) atoms. The van der Waals surface area contributed by atoms with Crippen LogP contribution in [0.3, 0.4) is 0 Å². The topological polar surface area (TPSA) is 139 Å². The average Bonchev–Trinajstić information content (AvgIpc) is 3.25. The first-order chi connectivity index (χ1) is 15.6. The number of methoxy groups -OCH3 is 1. The number of sulfone groups is 1. The van der Waals surface area contributed by atoms with Crippen molar-refractivity contribution in [3.8, 4) is 5.75 Å². The van der Waals surface area contributed by atoms with Gasteiger partial charge in [-0.15, -0.1) is 0 Å². The van der Waals surface area contributed by atoms with Gasteiger partial charge in [-0.05, 0) is 53.8 Å². The number of nitrogens with zero attached hydrogens (tertiary/aromatic N) is 4. The minimum absolute atomic E-state index is 0.00322. The van der Waals surface area contributed by atoms with Gasteiger partial charge in [0.1, 0.15) is 11.1 Å². The van der Waals surface area contributed by atoms with E-state index in [0.717, 1.165) is 9.10 Å². The molecule has 14 heteroatoms. The summed E-state index contributed by atoms with van der Waals surface area (Å²) >= 11 is 5.87. The minimum atomic E-state index is -4.08. The van der Waals surface area contributed by atoms with E-state index in [1.807, 2.05) is 0 Å². The molecule has 2 heterocycles. The predicted octanol–water partition coefficient (Wildman–Crippen LogP) is 0.108. The van der Waals surface area contributed by atoms with Crippen LogP contribution in [-0.2, 0) is 19.9 Å². The van der Waals surface area contributed by atoms with Crippen LogP contribution in [0, 0.1) is 5.41 Å². The Kier molecular flexibility index (Phi) is 6.22. The second-order valence-electron chi connectivity index (χ2n) is 7.14. The fourth-order valence-corrected chi connectivity index (χ4v) is 6.85. The van der Waals surface area contributed by atoms with Crippen molar-refractivity contribution in [1.82, 2.24) is 9.58 Å². The van der Waals surface area contributed by atoms with Crippen molar-refractivity contribution in [2.45, 2.75) is 15.2 Å². The van der Waals surface area contributed by atoms with Crippen molar-refractivity contribution in [3.63, 3.8) is 0 Å². The monoisotopic (exact) mass is 513 g/mol. The van der Waals surface area contributed by atoms with Gasteiger partial charge >= 0.3 is 0 Å². The van der Waals surface area contributed by atoms with Crippen molar-refractivity contribution in [1.29, 1.82) is 5.41 Å². The highest BCUT2D eigenvalue weighted by Gasteiger charge is 2.41. The third-order valence-corrected chi connectivity index (χ3v) is 9.36. The number of rotatable bonds is 6. The summed E-state index contributed by atoms with van der Waals surface area (Å²) in [5.74, 6) is 0.478. The van der Waals surface area contributed by atoms with E-state index < -0.39 is 25.2 Å². The highest BCUT2D eigenvalue weighted by Crippen LogP contribution is 2.26.